The van der Waals surface area contributed by atoms with E-state index < -0.39 is 0 Å². The number of ether oxygens (including phenoxy) is 4. The van der Waals surface area contributed by atoms with Gasteiger partial charge in [-0.2, -0.15) is 4.98 Å². The quantitative estimate of drug-likeness (QED) is 0.577. The van der Waals surface area contributed by atoms with Gasteiger partial charge in [0.05, 0.1) is 34.5 Å². The number of hydrogen-bond acceptors (Lipinski definition) is 10. The van der Waals surface area contributed by atoms with Crippen molar-refractivity contribution in [1.29, 1.82) is 0 Å². The van der Waals surface area contributed by atoms with E-state index in [0.29, 0.717) is 47.4 Å². The zero-order valence-electron chi connectivity index (χ0n) is 16.4. The van der Waals surface area contributed by atoms with E-state index >= 15 is 0 Å². The third-order valence-electron chi connectivity index (χ3n) is 4.58. The summed E-state index contributed by atoms with van der Waals surface area (Å²) in [6.45, 7) is 2.87. The van der Waals surface area contributed by atoms with Gasteiger partial charge < -0.3 is 33.1 Å². The van der Waals surface area contributed by atoms with Crippen molar-refractivity contribution >= 4 is 34.7 Å². The number of nitrogens with zero attached hydrogens (tertiary/aromatic N) is 3. The predicted octanol–water partition coefficient (Wildman–Crippen LogP) is 3.20. The van der Waals surface area contributed by atoms with Gasteiger partial charge in [0.2, 0.25) is 0 Å². The average molecular weight is 418 g/mol. The Bertz CT molecular complexity index is 968. The van der Waals surface area contributed by atoms with Crippen LogP contribution in [0.2, 0.25) is 0 Å². The minimum atomic E-state index is 0.404. The summed E-state index contributed by atoms with van der Waals surface area (Å²) < 4.78 is 30.6. The SMILES string of the molecule is COc1cccc(OC)c1SNc1noc2nc(N3CCOCC3)cc(OC)c12. The van der Waals surface area contributed by atoms with Crippen molar-refractivity contribution in [2.24, 2.45) is 0 Å². The topological polar surface area (TPSA) is 91.1 Å². The lowest BCUT2D eigenvalue weighted by Crippen LogP contribution is -2.36. The molecule has 1 saturated heterocycles. The number of rotatable bonds is 7. The van der Waals surface area contributed by atoms with Crippen LogP contribution in [0, 0.1) is 0 Å². The molecule has 1 fully saturated rings. The van der Waals surface area contributed by atoms with E-state index in [0.717, 1.165) is 23.8 Å². The maximum atomic E-state index is 5.60. The number of morpholine rings is 1. The number of anilines is 2. The molecule has 0 bridgehead atoms. The third-order valence-corrected chi connectivity index (χ3v) is 5.49. The van der Waals surface area contributed by atoms with E-state index in [1.807, 2.05) is 24.3 Å². The molecule has 1 aliphatic rings. The van der Waals surface area contributed by atoms with Gasteiger partial charge in [-0.05, 0) is 24.1 Å². The molecule has 1 aromatic carbocycles. The lowest BCUT2D eigenvalue weighted by Gasteiger charge is -2.27. The molecule has 0 spiro atoms. The van der Waals surface area contributed by atoms with E-state index in [1.54, 1.807) is 21.3 Å². The predicted molar refractivity (Wildman–Crippen MR) is 110 cm³/mol. The molecule has 0 unspecified atom stereocenters. The Labute approximate surface area is 172 Å². The van der Waals surface area contributed by atoms with E-state index in [4.69, 9.17) is 23.5 Å². The first-order valence-electron chi connectivity index (χ1n) is 9.06. The number of nitrogens with one attached hydrogen (secondary N) is 1. The summed E-state index contributed by atoms with van der Waals surface area (Å²) in [4.78, 5) is 7.54. The first-order chi connectivity index (χ1) is 14.2. The van der Waals surface area contributed by atoms with Crippen molar-refractivity contribution in [3.05, 3.63) is 24.3 Å². The average Bonchev–Trinajstić information content (AvgIpc) is 3.20. The van der Waals surface area contributed by atoms with E-state index in [2.05, 4.69) is 19.8 Å². The molecule has 0 saturated carbocycles. The van der Waals surface area contributed by atoms with Gasteiger partial charge in [0.15, 0.2) is 5.82 Å². The summed E-state index contributed by atoms with van der Waals surface area (Å²) in [5.74, 6) is 3.30. The first kappa shape index (κ1) is 19.5. The molecule has 3 aromatic rings. The Morgan fingerprint density at radius 1 is 1.03 bits per heavy atom. The lowest BCUT2D eigenvalue weighted by atomic mass is 10.3. The Kier molecular flexibility index (Phi) is 5.81. The van der Waals surface area contributed by atoms with Crippen LogP contribution in [0.1, 0.15) is 0 Å². The highest BCUT2D eigenvalue weighted by molar-refractivity contribution is 8.00. The number of pyridine rings is 1. The van der Waals surface area contributed by atoms with Crippen LogP contribution in [0.25, 0.3) is 11.1 Å². The smallest absolute Gasteiger partial charge is 0.265 e. The lowest BCUT2D eigenvalue weighted by molar-refractivity contribution is 0.122. The zero-order chi connectivity index (χ0) is 20.2. The molecule has 29 heavy (non-hydrogen) atoms. The van der Waals surface area contributed by atoms with Crippen LogP contribution in [0.15, 0.2) is 33.7 Å². The molecule has 0 aliphatic carbocycles. The Morgan fingerprint density at radius 3 is 2.38 bits per heavy atom. The minimum Gasteiger partial charge on any atom is -0.496 e. The summed E-state index contributed by atoms with van der Waals surface area (Å²) in [6, 6.07) is 7.49. The van der Waals surface area contributed by atoms with Gasteiger partial charge in [-0.1, -0.05) is 11.2 Å². The van der Waals surface area contributed by atoms with Crippen molar-refractivity contribution < 1.29 is 23.5 Å². The molecule has 9 nitrogen and oxygen atoms in total. The highest BCUT2D eigenvalue weighted by Gasteiger charge is 2.21. The summed E-state index contributed by atoms with van der Waals surface area (Å²) in [5, 5.41) is 4.81. The zero-order valence-corrected chi connectivity index (χ0v) is 17.2. The normalized spacial score (nSPS) is 14.1. The van der Waals surface area contributed by atoms with Crippen LogP contribution < -0.4 is 23.8 Å². The second kappa shape index (κ2) is 8.66. The van der Waals surface area contributed by atoms with Crippen molar-refractivity contribution in [2.45, 2.75) is 4.90 Å². The fraction of sp³-hybridized carbons (Fsp3) is 0.368. The molecule has 1 aliphatic heterocycles. The van der Waals surface area contributed by atoms with Crippen molar-refractivity contribution in [2.75, 3.05) is 57.3 Å². The molecule has 10 heteroatoms. The molecule has 4 rings (SSSR count). The summed E-state index contributed by atoms with van der Waals surface area (Å²) in [7, 11) is 4.85. The van der Waals surface area contributed by atoms with Gasteiger partial charge in [-0.3, -0.25) is 0 Å². The molecule has 1 N–H and O–H groups in total. The molecular weight excluding hydrogens is 396 g/mol. The monoisotopic (exact) mass is 418 g/mol. The van der Waals surface area contributed by atoms with E-state index in [-0.39, 0.29) is 0 Å². The van der Waals surface area contributed by atoms with Gasteiger partial charge in [0, 0.05) is 19.2 Å². The fourth-order valence-corrected chi connectivity index (χ4v) is 3.95. The number of aromatic nitrogens is 2. The Morgan fingerprint density at radius 2 is 1.72 bits per heavy atom. The number of benzene rings is 1. The maximum absolute atomic E-state index is 5.60. The molecular formula is C19H22N4O5S. The minimum absolute atomic E-state index is 0.404. The van der Waals surface area contributed by atoms with Crippen molar-refractivity contribution in [3.8, 4) is 17.2 Å². The highest BCUT2D eigenvalue weighted by Crippen LogP contribution is 2.40. The molecule has 0 radical (unpaired) electrons. The third kappa shape index (κ3) is 3.85. The number of fused-ring (bicyclic) bond motifs is 1. The Hall–Kier alpha value is -2.85. The van der Waals surface area contributed by atoms with Crippen LogP contribution >= 0.6 is 11.9 Å². The fourth-order valence-electron chi connectivity index (χ4n) is 3.11. The van der Waals surface area contributed by atoms with Crippen LogP contribution in [0.4, 0.5) is 11.6 Å². The summed E-state index contributed by atoms with van der Waals surface area (Å²) in [5.41, 5.74) is 0.404. The van der Waals surface area contributed by atoms with Gasteiger partial charge in [0.25, 0.3) is 5.71 Å². The van der Waals surface area contributed by atoms with Crippen LogP contribution in [0.3, 0.4) is 0 Å². The van der Waals surface area contributed by atoms with Gasteiger partial charge in [-0.25, -0.2) is 0 Å². The van der Waals surface area contributed by atoms with Crippen LogP contribution in [-0.2, 0) is 4.74 Å². The molecule has 154 valence electrons. The largest absolute Gasteiger partial charge is 0.496 e. The molecule has 3 heterocycles. The summed E-state index contributed by atoms with van der Waals surface area (Å²) >= 11 is 1.31. The second-order valence-electron chi connectivity index (χ2n) is 6.19. The van der Waals surface area contributed by atoms with Crippen LogP contribution in [0.5, 0.6) is 17.2 Å². The van der Waals surface area contributed by atoms with Gasteiger partial charge in [-0.15, -0.1) is 0 Å². The Balaban J connectivity index is 1.64. The highest BCUT2D eigenvalue weighted by atomic mass is 32.2. The van der Waals surface area contributed by atoms with E-state index in [1.165, 1.54) is 11.9 Å². The van der Waals surface area contributed by atoms with Gasteiger partial charge in [0.1, 0.15) is 33.3 Å². The van der Waals surface area contributed by atoms with Gasteiger partial charge >= 0.3 is 0 Å². The summed E-state index contributed by atoms with van der Waals surface area (Å²) in [6.07, 6.45) is 0. The van der Waals surface area contributed by atoms with Crippen LogP contribution in [-0.4, -0.2) is 57.8 Å². The standard InChI is InChI=1S/C19H22N4O5S/c1-24-12-5-4-6-13(25-2)17(12)29-22-18-16-14(26-3)11-15(20-19(16)28-21-18)23-7-9-27-10-8-23/h4-6,11H,7-10H2,1-3H3,(H,21,22). The molecule has 0 amide bonds. The van der Waals surface area contributed by atoms with Crippen molar-refractivity contribution in [1.82, 2.24) is 10.1 Å². The van der Waals surface area contributed by atoms with E-state index in [9.17, 15) is 0 Å². The first-order valence-corrected chi connectivity index (χ1v) is 9.87. The number of methoxy groups -OCH3 is 3. The maximum Gasteiger partial charge on any atom is 0.265 e. The molecule has 2 aromatic heterocycles. The molecule has 0 atom stereocenters. The number of hydrogen-bond donors (Lipinski definition) is 1. The van der Waals surface area contributed by atoms with Crippen molar-refractivity contribution in [3.63, 3.8) is 0 Å². The second-order valence-corrected chi connectivity index (χ2v) is 7.01.